The van der Waals surface area contributed by atoms with E-state index in [9.17, 15) is 9.59 Å². The second-order valence-corrected chi connectivity index (χ2v) is 29.7. The third kappa shape index (κ3) is 7.88. The SMILES string of the molecule is CC1=C(COC(=O)C(C)(C)C)C(C)(C)[C@]2(CC1)OC(=O)O[C@H]2[C@@H]1[C@@H](OCOCC[Si](C)(C)C)[C@@H](O[Si](C)(C)C(C)(C)C)CC2=NOC[C@]21C. The van der Waals surface area contributed by atoms with E-state index >= 15 is 0 Å². The number of oxime groups is 1. The Kier molecular flexibility index (Phi) is 11.2. The van der Waals surface area contributed by atoms with Crippen molar-refractivity contribution in [1.82, 2.24) is 0 Å². The van der Waals surface area contributed by atoms with Crippen LogP contribution < -0.4 is 0 Å². The first-order chi connectivity index (χ1) is 22.3. The Balaban J connectivity index is 1.79. The van der Waals surface area contributed by atoms with Gasteiger partial charge in [0, 0.05) is 32.4 Å². The number of ether oxygens (including phenoxy) is 5. The zero-order chi connectivity index (χ0) is 37.0. The smallest absolute Gasteiger partial charge is 0.461 e. The predicted octanol–water partition coefficient (Wildman–Crippen LogP) is 8.49. The molecule has 49 heavy (non-hydrogen) atoms. The summed E-state index contributed by atoms with van der Waals surface area (Å²) < 4.78 is 38.8. The molecule has 12 heteroatoms. The topological polar surface area (TPSA) is 111 Å². The van der Waals surface area contributed by atoms with Gasteiger partial charge in [-0.15, -0.1) is 0 Å². The first-order valence-corrected chi connectivity index (χ1v) is 24.7. The highest BCUT2D eigenvalue weighted by atomic mass is 28.4. The number of esters is 1. The van der Waals surface area contributed by atoms with Crippen LogP contribution in [0.4, 0.5) is 4.79 Å². The van der Waals surface area contributed by atoms with Crippen molar-refractivity contribution in [1.29, 1.82) is 0 Å². The molecule has 0 aromatic heterocycles. The molecule has 2 fully saturated rings. The monoisotopic (exact) mass is 723 g/mol. The van der Waals surface area contributed by atoms with Crippen LogP contribution in [-0.2, 0) is 37.7 Å². The highest BCUT2D eigenvalue weighted by molar-refractivity contribution is 6.76. The van der Waals surface area contributed by atoms with Gasteiger partial charge in [0.2, 0.25) is 0 Å². The van der Waals surface area contributed by atoms with Crippen molar-refractivity contribution in [3.8, 4) is 0 Å². The Labute approximate surface area is 297 Å². The van der Waals surface area contributed by atoms with Crippen molar-refractivity contribution in [3.63, 3.8) is 0 Å². The maximum Gasteiger partial charge on any atom is 0.509 e. The van der Waals surface area contributed by atoms with E-state index in [0.29, 0.717) is 32.5 Å². The van der Waals surface area contributed by atoms with Crippen LogP contribution in [0.5, 0.6) is 0 Å². The quantitative estimate of drug-likeness (QED) is 0.0681. The van der Waals surface area contributed by atoms with Crippen molar-refractivity contribution in [2.45, 2.75) is 156 Å². The molecule has 1 saturated heterocycles. The summed E-state index contributed by atoms with van der Waals surface area (Å²) in [6, 6.07) is 1.02. The lowest BCUT2D eigenvalue weighted by Crippen LogP contribution is -2.67. The maximum atomic E-state index is 13.5. The van der Waals surface area contributed by atoms with E-state index in [-0.39, 0.29) is 30.5 Å². The van der Waals surface area contributed by atoms with Gasteiger partial charge in [-0.2, -0.15) is 0 Å². The third-order valence-corrected chi connectivity index (χ3v) is 18.3. The summed E-state index contributed by atoms with van der Waals surface area (Å²) in [5.74, 6) is -0.711. The van der Waals surface area contributed by atoms with Crippen molar-refractivity contribution in [2.75, 3.05) is 26.6 Å². The van der Waals surface area contributed by atoms with Gasteiger partial charge in [0.1, 0.15) is 20.0 Å². The molecular weight excluding hydrogens is 659 g/mol. The number of carbonyl (C=O) groups is 2. The van der Waals surface area contributed by atoms with Gasteiger partial charge < -0.3 is 32.9 Å². The molecule has 2 heterocycles. The zero-order valence-corrected chi connectivity index (χ0v) is 35.1. The minimum Gasteiger partial charge on any atom is -0.461 e. The molecule has 0 aromatic rings. The number of hydrogen-bond donors (Lipinski definition) is 0. The first kappa shape index (κ1) is 40.0. The van der Waals surface area contributed by atoms with Crippen LogP contribution in [0.15, 0.2) is 16.3 Å². The maximum absolute atomic E-state index is 13.5. The second-order valence-electron chi connectivity index (χ2n) is 19.3. The summed E-state index contributed by atoms with van der Waals surface area (Å²) in [4.78, 5) is 32.3. The number of hydrogen-bond acceptors (Lipinski definition) is 10. The first-order valence-electron chi connectivity index (χ1n) is 18.1. The molecule has 0 N–H and O–H groups in total. The summed E-state index contributed by atoms with van der Waals surface area (Å²) in [6.07, 6.45) is -0.556. The normalized spacial score (nSPS) is 32.0. The van der Waals surface area contributed by atoms with Gasteiger partial charge >= 0.3 is 12.1 Å². The minimum absolute atomic E-state index is 0.0488. The highest BCUT2D eigenvalue weighted by Gasteiger charge is 2.71. The van der Waals surface area contributed by atoms with E-state index < -0.39 is 62.5 Å². The molecule has 1 saturated carbocycles. The fourth-order valence-electron chi connectivity index (χ4n) is 7.59. The van der Waals surface area contributed by atoms with Gasteiger partial charge in [0.25, 0.3) is 0 Å². The lowest BCUT2D eigenvalue weighted by atomic mass is 9.53. The van der Waals surface area contributed by atoms with Crippen molar-refractivity contribution >= 4 is 34.2 Å². The lowest BCUT2D eigenvalue weighted by Gasteiger charge is -2.56. The van der Waals surface area contributed by atoms with E-state index in [0.717, 1.165) is 22.9 Å². The van der Waals surface area contributed by atoms with E-state index in [1.807, 2.05) is 20.8 Å². The van der Waals surface area contributed by atoms with Crippen LogP contribution >= 0.6 is 0 Å². The molecule has 0 aromatic carbocycles. The van der Waals surface area contributed by atoms with Crippen molar-refractivity contribution in [3.05, 3.63) is 11.1 Å². The molecule has 4 rings (SSSR count). The fraction of sp³-hybridized carbons (Fsp3) is 0.865. The molecule has 6 atom stereocenters. The average molecular weight is 724 g/mol. The van der Waals surface area contributed by atoms with Gasteiger partial charge in [-0.1, -0.05) is 71.9 Å². The standard InChI is InChI=1S/C37H65NO9Si2/c1-24-16-17-37(35(8,9)25(24)21-42-31(39)33(2,3)4)30(45-32(40)46-37)28-29(43-23-41-18-19-48(11,12)13)26(47-49(14,15)34(5,6)7)20-27-36(28,10)22-44-38-27/h26,28-30H,16-23H2,1-15H3/t26-,28-,29-,30-,36+,37+/m0/s1. The van der Waals surface area contributed by atoms with Crippen LogP contribution in [0, 0.1) is 22.2 Å². The predicted molar refractivity (Wildman–Crippen MR) is 196 cm³/mol. The van der Waals surface area contributed by atoms with E-state index in [1.54, 1.807) is 0 Å². The molecule has 0 bridgehead atoms. The lowest BCUT2D eigenvalue weighted by molar-refractivity contribution is -0.193. The van der Waals surface area contributed by atoms with Crippen LogP contribution in [0.25, 0.3) is 0 Å². The number of rotatable bonds is 11. The van der Waals surface area contributed by atoms with Crippen LogP contribution in [0.3, 0.4) is 0 Å². The number of carbonyl (C=O) groups excluding carboxylic acids is 2. The Morgan fingerprint density at radius 1 is 1.04 bits per heavy atom. The molecule has 2 aliphatic carbocycles. The highest BCUT2D eigenvalue weighted by Crippen LogP contribution is 2.60. The Morgan fingerprint density at radius 2 is 1.69 bits per heavy atom. The van der Waals surface area contributed by atoms with E-state index in [4.69, 9.17) is 32.9 Å². The average Bonchev–Trinajstić information content (AvgIpc) is 3.48. The van der Waals surface area contributed by atoms with Crippen LogP contribution in [0.1, 0.15) is 88.5 Å². The van der Waals surface area contributed by atoms with Gasteiger partial charge in [0.05, 0.1) is 28.7 Å². The fourth-order valence-corrected chi connectivity index (χ4v) is 9.67. The van der Waals surface area contributed by atoms with Crippen molar-refractivity contribution < 1.29 is 42.5 Å². The Bertz CT molecular complexity index is 1320. The molecule has 280 valence electrons. The van der Waals surface area contributed by atoms with Gasteiger partial charge in [0.15, 0.2) is 20.0 Å². The Morgan fingerprint density at radius 3 is 2.29 bits per heavy atom. The molecule has 0 radical (unpaired) electrons. The van der Waals surface area contributed by atoms with Gasteiger partial charge in [-0.05, 0) is 70.3 Å². The molecule has 10 nitrogen and oxygen atoms in total. The van der Waals surface area contributed by atoms with E-state index in [2.05, 4.69) is 86.4 Å². The summed E-state index contributed by atoms with van der Waals surface area (Å²) >= 11 is 0. The molecule has 0 unspecified atom stereocenters. The summed E-state index contributed by atoms with van der Waals surface area (Å²) in [7, 11) is -3.61. The van der Waals surface area contributed by atoms with E-state index in [1.165, 1.54) is 0 Å². The minimum atomic E-state index is -2.30. The third-order valence-electron chi connectivity index (χ3n) is 12.1. The molecule has 1 spiro atoms. The summed E-state index contributed by atoms with van der Waals surface area (Å²) in [5, 5.41) is 4.53. The van der Waals surface area contributed by atoms with Crippen LogP contribution in [-0.4, -0.2) is 84.8 Å². The molecule has 0 amide bonds. The van der Waals surface area contributed by atoms with Gasteiger partial charge in [-0.3, -0.25) is 4.79 Å². The summed E-state index contributed by atoms with van der Waals surface area (Å²) in [5.41, 5.74) is -0.129. The largest absolute Gasteiger partial charge is 0.509 e. The van der Waals surface area contributed by atoms with Crippen molar-refractivity contribution in [2.24, 2.45) is 27.3 Å². The number of allylic oxidation sites excluding steroid dienone is 1. The zero-order valence-electron chi connectivity index (χ0n) is 33.1. The molecule has 2 aliphatic heterocycles. The summed E-state index contributed by atoms with van der Waals surface area (Å²) in [6.45, 7) is 33.2. The van der Waals surface area contributed by atoms with Gasteiger partial charge in [-0.25, -0.2) is 4.79 Å². The molecule has 4 aliphatic rings. The second kappa shape index (κ2) is 13.7. The number of fused-ring (bicyclic) bond motifs is 1. The number of nitrogens with zero attached hydrogens (tertiary/aromatic N) is 1. The van der Waals surface area contributed by atoms with Crippen LogP contribution in [0.2, 0.25) is 43.8 Å². The number of cyclic esters (lactones) is 1. The molecular formula is C37H65NO9Si2. The Hall–Kier alpha value is -1.74.